The third-order valence-electron chi connectivity index (χ3n) is 2.23. The summed E-state index contributed by atoms with van der Waals surface area (Å²) in [6, 6.07) is 3.20. The van der Waals surface area contributed by atoms with Gasteiger partial charge in [0.25, 0.3) is 0 Å². The minimum atomic E-state index is -1.02. The molecule has 0 fully saturated rings. The number of carbonyl (C=O) groups excluding carboxylic acids is 1. The average molecular weight is 251 g/mol. The predicted molar refractivity (Wildman–Crippen MR) is 61.3 cm³/mol. The fourth-order valence-electron chi connectivity index (χ4n) is 1.50. The van der Waals surface area contributed by atoms with Crippen LogP contribution in [-0.4, -0.2) is 27.3 Å². The molecular weight excluding hydrogens is 244 g/mol. The first-order chi connectivity index (χ1) is 8.11. The van der Waals surface area contributed by atoms with Crippen LogP contribution in [0.3, 0.4) is 0 Å². The van der Waals surface area contributed by atoms with E-state index in [4.69, 9.17) is 16.7 Å². The molecule has 0 aliphatic heterocycles. The zero-order chi connectivity index (χ0) is 12.4. The van der Waals surface area contributed by atoms with E-state index < -0.39 is 5.97 Å². The molecule has 5 nitrogen and oxygen atoms in total. The molecule has 17 heavy (non-hydrogen) atoms. The third kappa shape index (κ3) is 2.24. The van der Waals surface area contributed by atoms with Crippen molar-refractivity contribution in [1.29, 1.82) is 0 Å². The van der Waals surface area contributed by atoms with Gasteiger partial charge in [0.1, 0.15) is 5.69 Å². The molecule has 0 radical (unpaired) electrons. The number of aromatic nitrogens is 2. The van der Waals surface area contributed by atoms with E-state index in [1.807, 2.05) is 0 Å². The summed E-state index contributed by atoms with van der Waals surface area (Å²) in [6.45, 7) is 0. The van der Waals surface area contributed by atoms with Crippen LogP contribution in [0, 0.1) is 0 Å². The van der Waals surface area contributed by atoms with Gasteiger partial charge in [0.05, 0.1) is 23.7 Å². The average Bonchev–Trinajstić information content (AvgIpc) is 2.32. The summed E-state index contributed by atoms with van der Waals surface area (Å²) in [6.07, 6.45) is 1.62. The molecule has 0 aliphatic rings. The largest absolute Gasteiger partial charge is 0.481 e. The number of carboxylic acids is 1. The van der Waals surface area contributed by atoms with Gasteiger partial charge in [0, 0.05) is 10.6 Å². The molecule has 6 heteroatoms. The number of hydrogen-bond acceptors (Lipinski definition) is 4. The second-order valence-electron chi connectivity index (χ2n) is 3.38. The highest BCUT2D eigenvalue weighted by Crippen LogP contribution is 2.24. The van der Waals surface area contributed by atoms with Gasteiger partial charge < -0.3 is 5.11 Å². The van der Waals surface area contributed by atoms with Gasteiger partial charge in [0.2, 0.25) is 0 Å². The van der Waals surface area contributed by atoms with Gasteiger partial charge in [-0.1, -0.05) is 11.6 Å². The van der Waals surface area contributed by atoms with Gasteiger partial charge in [-0.2, -0.15) is 0 Å². The number of rotatable bonds is 3. The molecule has 0 aliphatic carbocycles. The van der Waals surface area contributed by atoms with E-state index in [-0.39, 0.29) is 12.1 Å². The minimum Gasteiger partial charge on any atom is -0.481 e. The Labute approximate surface area is 101 Å². The number of fused-ring (bicyclic) bond motifs is 1. The Balaban J connectivity index is 2.72. The van der Waals surface area contributed by atoms with Crippen molar-refractivity contribution in [2.75, 3.05) is 0 Å². The minimum absolute atomic E-state index is 0.145. The number of nitrogens with zero attached hydrogens (tertiary/aromatic N) is 2. The molecule has 2 rings (SSSR count). The maximum absolute atomic E-state index is 10.7. The van der Waals surface area contributed by atoms with Crippen molar-refractivity contribution < 1.29 is 14.7 Å². The lowest BCUT2D eigenvalue weighted by atomic mass is 10.1. The summed E-state index contributed by atoms with van der Waals surface area (Å²) in [5.74, 6) is -1.02. The summed E-state index contributed by atoms with van der Waals surface area (Å²) in [5, 5.41) is 9.10. The zero-order valence-electron chi connectivity index (χ0n) is 8.55. The summed E-state index contributed by atoms with van der Waals surface area (Å²) >= 11 is 5.92. The van der Waals surface area contributed by atoms with Crippen LogP contribution in [0.5, 0.6) is 0 Å². The van der Waals surface area contributed by atoms with Crippen LogP contribution in [0.1, 0.15) is 16.1 Å². The van der Waals surface area contributed by atoms with E-state index in [1.165, 1.54) is 6.20 Å². The molecule has 0 amide bonds. The fourth-order valence-corrected chi connectivity index (χ4v) is 1.72. The van der Waals surface area contributed by atoms with Crippen molar-refractivity contribution in [3.05, 3.63) is 34.6 Å². The maximum atomic E-state index is 10.7. The van der Waals surface area contributed by atoms with Gasteiger partial charge in [-0.15, -0.1) is 0 Å². The summed E-state index contributed by atoms with van der Waals surface area (Å²) in [4.78, 5) is 29.4. The molecule has 1 aromatic heterocycles. The SMILES string of the molecule is O=Cc1cnc2ccc(Cl)c(CC(=O)O)c2n1. The van der Waals surface area contributed by atoms with Crippen molar-refractivity contribution in [1.82, 2.24) is 9.97 Å². The lowest BCUT2D eigenvalue weighted by Crippen LogP contribution is -2.03. The van der Waals surface area contributed by atoms with E-state index >= 15 is 0 Å². The number of benzene rings is 1. The highest BCUT2D eigenvalue weighted by molar-refractivity contribution is 6.32. The standard InChI is InChI=1S/C11H7ClN2O3/c12-8-1-2-9-11(7(8)3-10(16)17)14-6(5-15)4-13-9/h1-2,4-5H,3H2,(H,16,17). The normalized spacial score (nSPS) is 10.4. The van der Waals surface area contributed by atoms with Crippen LogP contribution in [0.2, 0.25) is 5.02 Å². The number of halogens is 1. The lowest BCUT2D eigenvalue weighted by Gasteiger charge is -2.05. The van der Waals surface area contributed by atoms with Crippen LogP contribution in [0.15, 0.2) is 18.3 Å². The molecular formula is C11H7ClN2O3. The molecule has 0 spiro atoms. The molecule has 0 unspecified atom stereocenters. The van der Waals surface area contributed by atoms with Crippen molar-refractivity contribution in [2.24, 2.45) is 0 Å². The van der Waals surface area contributed by atoms with Crippen LogP contribution in [0.25, 0.3) is 11.0 Å². The molecule has 0 saturated heterocycles. The van der Waals surface area contributed by atoms with E-state index in [9.17, 15) is 9.59 Å². The Hall–Kier alpha value is -2.01. The number of hydrogen-bond donors (Lipinski definition) is 1. The molecule has 0 saturated carbocycles. The van der Waals surface area contributed by atoms with Gasteiger partial charge in [-0.3, -0.25) is 14.6 Å². The molecule has 1 heterocycles. The molecule has 86 valence electrons. The second kappa shape index (κ2) is 4.47. The van der Waals surface area contributed by atoms with Crippen molar-refractivity contribution in [2.45, 2.75) is 6.42 Å². The summed E-state index contributed by atoms with van der Waals surface area (Å²) in [7, 11) is 0. The first-order valence-electron chi connectivity index (χ1n) is 4.73. The quantitative estimate of drug-likeness (QED) is 0.839. The summed E-state index contributed by atoms with van der Waals surface area (Å²) in [5.41, 5.74) is 1.38. The van der Waals surface area contributed by atoms with Crippen LogP contribution < -0.4 is 0 Å². The Morgan fingerprint density at radius 1 is 1.47 bits per heavy atom. The predicted octanol–water partition coefficient (Wildman–Crippen LogP) is 1.72. The second-order valence-corrected chi connectivity index (χ2v) is 3.78. The highest BCUT2D eigenvalue weighted by atomic mass is 35.5. The highest BCUT2D eigenvalue weighted by Gasteiger charge is 2.12. The Morgan fingerprint density at radius 2 is 2.24 bits per heavy atom. The first kappa shape index (κ1) is 11.5. The lowest BCUT2D eigenvalue weighted by molar-refractivity contribution is -0.136. The fraction of sp³-hybridized carbons (Fsp3) is 0.0909. The monoisotopic (exact) mass is 250 g/mol. The van der Waals surface area contributed by atoms with Gasteiger partial charge in [-0.05, 0) is 12.1 Å². The van der Waals surface area contributed by atoms with Crippen molar-refractivity contribution in [3.63, 3.8) is 0 Å². The zero-order valence-corrected chi connectivity index (χ0v) is 9.31. The smallest absolute Gasteiger partial charge is 0.307 e. The molecule has 1 N–H and O–H groups in total. The first-order valence-corrected chi connectivity index (χ1v) is 5.10. The van der Waals surface area contributed by atoms with Gasteiger partial charge >= 0.3 is 5.97 Å². The number of aldehydes is 1. The third-order valence-corrected chi connectivity index (χ3v) is 2.58. The maximum Gasteiger partial charge on any atom is 0.307 e. The molecule has 0 bridgehead atoms. The number of carbonyl (C=O) groups is 2. The van der Waals surface area contributed by atoms with Crippen LogP contribution >= 0.6 is 11.6 Å². The number of aliphatic carboxylic acids is 1. The summed E-state index contributed by atoms with van der Waals surface area (Å²) < 4.78 is 0. The van der Waals surface area contributed by atoms with Crippen LogP contribution in [-0.2, 0) is 11.2 Å². The van der Waals surface area contributed by atoms with E-state index in [2.05, 4.69) is 9.97 Å². The molecule has 1 aromatic carbocycles. The van der Waals surface area contributed by atoms with E-state index in [0.717, 1.165) is 0 Å². The topological polar surface area (TPSA) is 80.2 Å². The van der Waals surface area contributed by atoms with Gasteiger partial charge in [0.15, 0.2) is 6.29 Å². The van der Waals surface area contributed by atoms with Crippen molar-refractivity contribution >= 4 is 34.9 Å². The molecule has 2 aromatic rings. The van der Waals surface area contributed by atoms with Crippen molar-refractivity contribution in [3.8, 4) is 0 Å². The van der Waals surface area contributed by atoms with Gasteiger partial charge in [-0.25, -0.2) is 4.98 Å². The number of carboxylic acid groups (broad SMARTS) is 1. The molecule has 0 atom stereocenters. The Kier molecular flexibility index (Phi) is 3.01. The Bertz CT molecular complexity index is 613. The van der Waals surface area contributed by atoms with E-state index in [1.54, 1.807) is 12.1 Å². The van der Waals surface area contributed by atoms with E-state index in [0.29, 0.717) is 27.9 Å². The van der Waals surface area contributed by atoms with Crippen LogP contribution in [0.4, 0.5) is 0 Å². The Morgan fingerprint density at radius 3 is 2.88 bits per heavy atom.